The van der Waals surface area contributed by atoms with Gasteiger partial charge in [-0.3, -0.25) is 0 Å². The molecule has 4 nitrogen and oxygen atoms in total. The minimum Gasteiger partial charge on any atom is -0.488 e. The van der Waals surface area contributed by atoms with E-state index in [1.807, 2.05) is 4.57 Å². The Morgan fingerprint density at radius 2 is 2.35 bits per heavy atom. The third kappa shape index (κ3) is 1.58. The Kier molecular flexibility index (Phi) is 2.48. The molecule has 17 heavy (non-hydrogen) atoms. The topological polar surface area (TPSA) is 53.1 Å². The highest BCUT2D eigenvalue weighted by Gasteiger charge is 2.20. The zero-order valence-corrected chi connectivity index (χ0v) is 9.45. The van der Waals surface area contributed by atoms with Crippen molar-refractivity contribution in [1.29, 1.82) is 0 Å². The molecule has 0 spiro atoms. The lowest BCUT2D eigenvalue weighted by molar-refractivity contribution is 0.301. The highest BCUT2D eigenvalue weighted by Crippen LogP contribution is 2.32. The van der Waals surface area contributed by atoms with Crippen LogP contribution in [0.1, 0.15) is 12.2 Å². The van der Waals surface area contributed by atoms with E-state index in [4.69, 9.17) is 10.5 Å². The number of benzene rings is 1. The van der Waals surface area contributed by atoms with E-state index in [2.05, 4.69) is 4.98 Å². The Morgan fingerprint density at radius 1 is 1.47 bits per heavy atom. The van der Waals surface area contributed by atoms with Crippen LogP contribution in [0.2, 0.25) is 0 Å². The average molecular weight is 235 g/mol. The average Bonchev–Trinajstić information content (AvgIpc) is 2.53. The molecule has 1 aliphatic heterocycles. The van der Waals surface area contributed by atoms with Gasteiger partial charge >= 0.3 is 0 Å². The number of rotatable bonds is 2. The van der Waals surface area contributed by atoms with Gasteiger partial charge in [-0.05, 0) is 25.1 Å². The molecule has 0 saturated heterocycles. The second-order valence-corrected chi connectivity index (χ2v) is 4.16. The first-order valence-electron chi connectivity index (χ1n) is 5.81. The maximum atomic E-state index is 13.7. The van der Waals surface area contributed by atoms with Crippen molar-refractivity contribution in [2.75, 3.05) is 13.2 Å². The van der Waals surface area contributed by atoms with Crippen LogP contribution in [0.5, 0.6) is 5.75 Å². The summed E-state index contributed by atoms with van der Waals surface area (Å²) in [5.74, 6) is 0.926. The number of ether oxygens (including phenoxy) is 1. The summed E-state index contributed by atoms with van der Waals surface area (Å²) in [4.78, 5) is 4.49. The van der Waals surface area contributed by atoms with Gasteiger partial charge in [0, 0.05) is 13.0 Å². The van der Waals surface area contributed by atoms with E-state index in [1.54, 1.807) is 6.07 Å². The van der Waals surface area contributed by atoms with Crippen molar-refractivity contribution in [1.82, 2.24) is 9.55 Å². The van der Waals surface area contributed by atoms with Gasteiger partial charge in [0.2, 0.25) is 0 Å². The van der Waals surface area contributed by atoms with Crippen LogP contribution >= 0.6 is 0 Å². The van der Waals surface area contributed by atoms with Crippen molar-refractivity contribution in [3.8, 4) is 5.75 Å². The molecule has 0 aliphatic carbocycles. The Labute approximate surface area is 98.2 Å². The maximum absolute atomic E-state index is 13.7. The molecule has 1 aliphatic rings. The fraction of sp³-hybridized carbons (Fsp3) is 0.417. The summed E-state index contributed by atoms with van der Waals surface area (Å²) in [5, 5.41) is 0. The van der Waals surface area contributed by atoms with Crippen LogP contribution in [0.3, 0.4) is 0 Å². The number of imidazole rings is 1. The molecule has 2 aromatic rings. The molecule has 2 N–H and O–H groups in total. The fourth-order valence-corrected chi connectivity index (χ4v) is 2.31. The third-order valence-corrected chi connectivity index (χ3v) is 3.03. The summed E-state index contributed by atoms with van der Waals surface area (Å²) in [6, 6.07) is 3.10. The predicted octanol–water partition coefficient (Wildman–Crippen LogP) is 1.46. The summed E-state index contributed by atoms with van der Waals surface area (Å²) in [6.45, 7) is 1.89. The van der Waals surface area contributed by atoms with E-state index in [1.165, 1.54) is 6.07 Å². The van der Waals surface area contributed by atoms with Crippen LogP contribution in [0.25, 0.3) is 11.0 Å². The molecule has 0 unspecified atom stereocenters. The number of hydrogen-bond acceptors (Lipinski definition) is 3. The van der Waals surface area contributed by atoms with Crippen LogP contribution in [-0.2, 0) is 13.0 Å². The molecule has 90 valence electrons. The SMILES string of the molecule is NCCc1nc2ccc(F)c3c2n1CCCO3. The van der Waals surface area contributed by atoms with Gasteiger partial charge in [0.15, 0.2) is 11.6 Å². The summed E-state index contributed by atoms with van der Waals surface area (Å²) >= 11 is 0. The fourth-order valence-electron chi connectivity index (χ4n) is 2.31. The minimum absolute atomic E-state index is 0.320. The first-order chi connectivity index (χ1) is 8.31. The van der Waals surface area contributed by atoms with E-state index >= 15 is 0 Å². The van der Waals surface area contributed by atoms with Crippen molar-refractivity contribution in [3.63, 3.8) is 0 Å². The molecule has 0 radical (unpaired) electrons. The van der Waals surface area contributed by atoms with Crippen molar-refractivity contribution in [2.45, 2.75) is 19.4 Å². The van der Waals surface area contributed by atoms with E-state index in [9.17, 15) is 4.39 Å². The molecule has 2 heterocycles. The summed E-state index contributed by atoms with van der Waals surface area (Å²) in [6.07, 6.45) is 1.56. The molecule has 0 fully saturated rings. The molecular weight excluding hydrogens is 221 g/mol. The standard InChI is InChI=1S/C12H14FN3O/c13-8-2-3-9-11-12(8)17-7-1-6-16(11)10(15-9)4-5-14/h2-3H,1,4-7,14H2. The van der Waals surface area contributed by atoms with Crippen LogP contribution in [0.4, 0.5) is 4.39 Å². The first-order valence-corrected chi connectivity index (χ1v) is 5.81. The molecule has 3 rings (SSSR count). The monoisotopic (exact) mass is 235 g/mol. The lowest BCUT2D eigenvalue weighted by atomic mass is 10.3. The number of aromatic nitrogens is 2. The highest BCUT2D eigenvalue weighted by molar-refractivity contribution is 5.83. The molecule has 5 heteroatoms. The number of nitrogens with two attached hydrogens (primary N) is 1. The van der Waals surface area contributed by atoms with Crippen molar-refractivity contribution in [3.05, 3.63) is 23.8 Å². The van der Waals surface area contributed by atoms with Gasteiger partial charge < -0.3 is 15.0 Å². The quantitative estimate of drug-likeness (QED) is 0.857. The molecule has 0 saturated carbocycles. The third-order valence-electron chi connectivity index (χ3n) is 3.03. The number of hydrogen-bond donors (Lipinski definition) is 1. The normalized spacial score (nSPS) is 14.7. The van der Waals surface area contributed by atoms with Gasteiger partial charge in [-0.1, -0.05) is 0 Å². The highest BCUT2D eigenvalue weighted by atomic mass is 19.1. The Hall–Kier alpha value is -1.62. The van der Waals surface area contributed by atoms with Gasteiger partial charge in [-0.25, -0.2) is 9.37 Å². The number of nitrogens with zero attached hydrogens (tertiary/aromatic N) is 2. The maximum Gasteiger partial charge on any atom is 0.180 e. The van der Waals surface area contributed by atoms with Crippen LogP contribution in [0.15, 0.2) is 12.1 Å². The zero-order chi connectivity index (χ0) is 11.8. The van der Waals surface area contributed by atoms with Crippen molar-refractivity contribution in [2.24, 2.45) is 5.73 Å². The molecule has 1 aromatic heterocycles. The summed E-state index contributed by atoms with van der Waals surface area (Å²) in [7, 11) is 0. The first kappa shape index (κ1) is 10.5. The van der Waals surface area contributed by atoms with E-state index < -0.39 is 0 Å². The zero-order valence-electron chi connectivity index (χ0n) is 9.45. The summed E-state index contributed by atoms with van der Waals surface area (Å²) in [5.41, 5.74) is 7.13. The van der Waals surface area contributed by atoms with Crippen LogP contribution < -0.4 is 10.5 Å². The molecule has 1 aromatic carbocycles. The number of halogens is 1. The Morgan fingerprint density at radius 3 is 3.18 bits per heavy atom. The predicted molar refractivity (Wildman–Crippen MR) is 62.6 cm³/mol. The van der Waals surface area contributed by atoms with Gasteiger partial charge in [-0.15, -0.1) is 0 Å². The minimum atomic E-state index is -0.320. The van der Waals surface area contributed by atoms with E-state index in [-0.39, 0.29) is 5.82 Å². The van der Waals surface area contributed by atoms with Gasteiger partial charge in [0.1, 0.15) is 11.3 Å². The molecule has 0 amide bonds. The van der Waals surface area contributed by atoms with E-state index in [0.717, 1.165) is 29.8 Å². The summed E-state index contributed by atoms with van der Waals surface area (Å²) < 4.78 is 21.2. The van der Waals surface area contributed by atoms with Crippen molar-refractivity contribution < 1.29 is 9.13 Å². The molecular formula is C12H14FN3O. The van der Waals surface area contributed by atoms with Crippen LogP contribution in [-0.4, -0.2) is 22.7 Å². The number of aryl methyl sites for hydroxylation is 1. The Bertz CT molecular complexity index is 564. The second-order valence-electron chi connectivity index (χ2n) is 4.16. The van der Waals surface area contributed by atoms with Crippen molar-refractivity contribution >= 4 is 11.0 Å². The second kappa shape index (κ2) is 4.00. The lowest BCUT2D eigenvalue weighted by Crippen LogP contribution is -2.10. The molecule has 0 atom stereocenters. The largest absolute Gasteiger partial charge is 0.488 e. The smallest absolute Gasteiger partial charge is 0.180 e. The van der Waals surface area contributed by atoms with Gasteiger partial charge in [-0.2, -0.15) is 0 Å². The lowest BCUT2D eigenvalue weighted by Gasteiger charge is -2.05. The van der Waals surface area contributed by atoms with Gasteiger partial charge in [0.25, 0.3) is 0 Å². The Balaban J connectivity index is 2.30. The van der Waals surface area contributed by atoms with Gasteiger partial charge in [0.05, 0.1) is 12.1 Å². The van der Waals surface area contributed by atoms with E-state index in [0.29, 0.717) is 25.3 Å². The van der Waals surface area contributed by atoms with Crippen LogP contribution in [0, 0.1) is 5.82 Å². The molecule has 0 bridgehead atoms.